The lowest BCUT2D eigenvalue weighted by Gasteiger charge is -2.44. The van der Waals surface area contributed by atoms with Gasteiger partial charge in [0.2, 0.25) is 0 Å². The van der Waals surface area contributed by atoms with Gasteiger partial charge < -0.3 is 14.5 Å². The van der Waals surface area contributed by atoms with E-state index in [4.69, 9.17) is 27.9 Å². The van der Waals surface area contributed by atoms with E-state index in [2.05, 4.69) is 4.90 Å². The van der Waals surface area contributed by atoms with Crippen LogP contribution in [0.3, 0.4) is 0 Å². The van der Waals surface area contributed by atoms with Crippen molar-refractivity contribution in [3.63, 3.8) is 0 Å². The monoisotopic (exact) mass is 517 g/mol. The lowest BCUT2D eigenvalue weighted by molar-refractivity contribution is 0.0226. The molecule has 6 nitrogen and oxygen atoms in total. The lowest BCUT2D eigenvalue weighted by Crippen LogP contribution is -2.51. The van der Waals surface area contributed by atoms with Crippen molar-refractivity contribution < 1.29 is 14.3 Å². The number of nitrogens with zero attached hydrogens (tertiary/aromatic N) is 3. The molecule has 2 atom stereocenters. The highest BCUT2D eigenvalue weighted by Gasteiger charge is 2.36. The minimum absolute atomic E-state index is 0.0496. The van der Waals surface area contributed by atoms with Crippen molar-refractivity contribution in [2.45, 2.75) is 44.2 Å². The molecule has 0 bridgehead atoms. The Balaban J connectivity index is 1.37. The fourth-order valence-corrected chi connectivity index (χ4v) is 5.39. The molecule has 2 heterocycles. The van der Waals surface area contributed by atoms with Gasteiger partial charge in [-0.25, -0.2) is 4.79 Å². The fraction of sp³-hybridized carbons (Fsp3) is 0.481. The van der Waals surface area contributed by atoms with E-state index in [9.17, 15) is 9.59 Å². The van der Waals surface area contributed by atoms with E-state index in [1.54, 1.807) is 4.90 Å². The average Bonchev–Trinajstić information content (AvgIpc) is 2.88. The lowest BCUT2D eigenvalue weighted by atomic mass is 9.90. The Morgan fingerprint density at radius 1 is 1.09 bits per heavy atom. The maximum Gasteiger partial charge on any atom is 0.410 e. The number of ether oxygens (including phenoxy) is 1. The normalized spacial score (nSPS) is 21.0. The van der Waals surface area contributed by atoms with Crippen LogP contribution < -0.4 is 0 Å². The molecule has 2 aliphatic rings. The summed E-state index contributed by atoms with van der Waals surface area (Å²) < 4.78 is 5.30. The molecule has 2 saturated heterocycles. The van der Waals surface area contributed by atoms with Crippen LogP contribution in [0.4, 0.5) is 4.79 Å². The number of carbonyl (C=O) groups excluding carboxylic acids is 2. The molecule has 35 heavy (non-hydrogen) atoms. The molecule has 2 fully saturated rings. The third-order valence-corrected chi connectivity index (χ3v) is 7.75. The zero-order valence-corrected chi connectivity index (χ0v) is 21.7. The smallest absolute Gasteiger partial charge is 0.410 e. The van der Waals surface area contributed by atoms with E-state index < -0.39 is 0 Å². The molecule has 188 valence electrons. The third-order valence-electron chi connectivity index (χ3n) is 7.01. The number of carbonyl (C=O) groups is 2. The molecule has 0 aromatic heterocycles. The van der Waals surface area contributed by atoms with E-state index in [-0.39, 0.29) is 24.1 Å². The second-order valence-corrected chi connectivity index (χ2v) is 10.2. The Morgan fingerprint density at radius 3 is 2.63 bits per heavy atom. The minimum Gasteiger partial charge on any atom is -0.449 e. The Labute approximate surface area is 217 Å². The number of halogens is 2. The maximum absolute atomic E-state index is 12.6. The number of benzene rings is 2. The highest BCUT2D eigenvalue weighted by atomic mass is 35.5. The molecule has 2 amide bonds. The number of unbranched alkanes of at least 4 members (excludes halogenated alkanes) is 1. The predicted octanol–water partition coefficient (Wildman–Crippen LogP) is 5.89. The summed E-state index contributed by atoms with van der Waals surface area (Å²) in [5.41, 5.74) is 1.83. The number of piperidine rings is 1. The summed E-state index contributed by atoms with van der Waals surface area (Å²) in [4.78, 5) is 31.1. The molecule has 2 unspecified atom stereocenters. The molecule has 0 saturated carbocycles. The quantitative estimate of drug-likeness (QED) is 0.409. The summed E-state index contributed by atoms with van der Waals surface area (Å²) in [6, 6.07) is 15.5. The maximum atomic E-state index is 12.6. The van der Waals surface area contributed by atoms with Crippen LogP contribution in [0.15, 0.2) is 48.5 Å². The van der Waals surface area contributed by atoms with E-state index in [1.807, 2.05) is 60.5 Å². The standard InChI is InChI=1S/C27H33Cl2N3O3/c1-30(26(33)20-8-3-2-4-9-20)13-5-6-14-31-16-12-22(32-15-7-17-35-27(32)34)19-25(31)21-10-11-23(28)24(29)18-21/h2-4,8-11,18,22,25H,5-7,12-17,19H2,1H3. The molecular formula is C27H33Cl2N3O3. The first-order chi connectivity index (χ1) is 16.9. The molecule has 0 radical (unpaired) electrons. The van der Waals surface area contributed by atoms with Gasteiger partial charge in [0.25, 0.3) is 5.91 Å². The van der Waals surface area contributed by atoms with E-state index in [1.165, 1.54) is 0 Å². The number of hydrogen-bond acceptors (Lipinski definition) is 4. The number of amides is 2. The van der Waals surface area contributed by atoms with Gasteiger partial charge in [-0.3, -0.25) is 9.69 Å². The van der Waals surface area contributed by atoms with Crippen LogP contribution in [-0.2, 0) is 4.74 Å². The largest absolute Gasteiger partial charge is 0.449 e. The van der Waals surface area contributed by atoms with Gasteiger partial charge in [0.05, 0.1) is 16.7 Å². The predicted molar refractivity (Wildman–Crippen MR) is 139 cm³/mol. The van der Waals surface area contributed by atoms with Crippen molar-refractivity contribution >= 4 is 35.2 Å². The highest BCUT2D eigenvalue weighted by Crippen LogP contribution is 2.36. The van der Waals surface area contributed by atoms with Crippen molar-refractivity contribution in [2.75, 3.05) is 39.8 Å². The molecular weight excluding hydrogens is 485 g/mol. The van der Waals surface area contributed by atoms with E-state index in [0.717, 1.165) is 57.3 Å². The fourth-order valence-electron chi connectivity index (χ4n) is 5.08. The topological polar surface area (TPSA) is 53.1 Å². The van der Waals surface area contributed by atoms with Gasteiger partial charge in [0.15, 0.2) is 0 Å². The van der Waals surface area contributed by atoms with Crippen LogP contribution in [0.5, 0.6) is 0 Å². The summed E-state index contributed by atoms with van der Waals surface area (Å²) in [5, 5.41) is 1.09. The molecule has 0 aliphatic carbocycles. The van der Waals surface area contributed by atoms with Crippen molar-refractivity contribution in [3.05, 3.63) is 69.7 Å². The first-order valence-corrected chi connectivity index (χ1v) is 13.1. The molecule has 2 aromatic carbocycles. The molecule has 0 spiro atoms. The Morgan fingerprint density at radius 2 is 1.89 bits per heavy atom. The second-order valence-electron chi connectivity index (χ2n) is 9.36. The Bertz CT molecular complexity index is 1020. The van der Waals surface area contributed by atoms with Crippen LogP contribution >= 0.6 is 23.2 Å². The Hall–Kier alpha value is -2.28. The van der Waals surface area contributed by atoms with Crippen molar-refractivity contribution in [1.82, 2.24) is 14.7 Å². The van der Waals surface area contributed by atoms with Gasteiger partial charge in [0, 0.05) is 44.3 Å². The van der Waals surface area contributed by atoms with Crippen molar-refractivity contribution in [3.8, 4) is 0 Å². The van der Waals surface area contributed by atoms with Crippen LogP contribution in [0.1, 0.15) is 54.1 Å². The number of rotatable bonds is 8. The van der Waals surface area contributed by atoms with Crippen molar-refractivity contribution in [1.29, 1.82) is 0 Å². The van der Waals surface area contributed by atoms with Gasteiger partial charge in [-0.1, -0.05) is 47.5 Å². The first kappa shape index (κ1) is 25.8. The van der Waals surface area contributed by atoms with Crippen molar-refractivity contribution in [2.24, 2.45) is 0 Å². The summed E-state index contributed by atoms with van der Waals surface area (Å²) in [6.45, 7) is 3.76. The summed E-state index contributed by atoms with van der Waals surface area (Å²) in [6.07, 6.45) is 4.31. The number of cyclic esters (lactones) is 1. The van der Waals surface area contributed by atoms with E-state index >= 15 is 0 Å². The number of likely N-dealkylation sites (tertiary alicyclic amines) is 1. The second kappa shape index (κ2) is 12.1. The van der Waals surface area contributed by atoms with Gasteiger partial charge in [-0.15, -0.1) is 0 Å². The Kier molecular flexibility index (Phi) is 8.93. The summed E-state index contributed by atoms with van der Waals surface area (Å²) in [5.74, 6) is 0.0496. The van der Waals surface area contributed by atoms with Gasteiger partial charge >= 0.3 is 6.09 Å². The average molecular weight is 518 g/mol. The molecule has 2 aromatic rings. The van der Waals surface area contributed by atoms with Crippen LogP contribution in [0, 0.1) is 0 Å². The summed E-state index contributed by atoms with van der Waals surface area (Å²) in [7, 11) is 1.86. The van der Waals surface area contributed by atoms with Gasteiger partial charge in [0.1, 0.15) is 0 Å². The van der Waals surface area contributed by atoms with Gasteiger partial charge in [-0.2, -0.15) is 0 Å². The molecule has 2 aliphatic heterocycles. The summed E-state index contributed by atoms with van der Waals surface area (Å²) >= 11 is 12.5. The molecule has 4 rings (SSSR count). The van der Waals surface area contributed by atoms with Crippen LogP contribution in [0.25, 0.3) is 0 Å². The molecule has 8 heteroatoms. The van der Waals surface area contributed by atoms with Gasteiger partial charge in [-0.05, 0) is 68.5 Å². The van der Waals surface area contributed by atoms with Crippen LogP contribution in [-0.4, -0.2) is 72.6 Å². The molecule has 0 N–H and O–H groups in total. The highest BCUT2D eigenvalue weighted by molar-refractivity contribution is 6.42. The minimum atomic E-state index is -0.200. The zero-order chi connectivity index (χ0) is 24.8. The van der Waals surface area contributed by atoms with Crippen LogP contribution in [0.2, 0.25) is 10.0 Å². The SMILES string of the molecule is CN(CCCCN1CCC(N2CCCOC2=O)CC1c1ccc(Cl)c(Cl)c1)C(=O)c1ccccc1. The third kappa shape index (κ3) is 6.49. The number of hydrogen-bond donors (Lipinski definition) is 0. The van der Waals surface area contributed by atoms with E-state index in [0.29, 0.717) is 28.8 Å². The first-order valence-electron chi connectivity index (χ1n) is 12.4. The zero-order valence-electron chi connectivity index (χ0n) is 20.2.